The van der Waals surface area contributed by atoms with E-state index >= 15 is 0 Å². The van der Waals surface area contributed by atoms with Gasteiger partial charge < -0.3 is 15.1 Å². The van der Waals surface area contributed by atoms with Crippen LogP contribution in [-0.2, 0) is 6.18 Å². The van der Waals surface area contributed by atoms with Gasteiger partial charge in [0.25, 0.3) is 5.91 Å². The van der Waals surface area contributed by atoms with Crippen molar-refractivity contribution in [1.29, 1.82) is 0 Å². The molecule has 1 fully saturated rings. The zero-order chi connectivity index (χ0) is 19.4. The molecule has 1 aromatic heterocycles. The van der Waals surface area contributed by atoms with E-state index in [2.05, 4.69) is 27.0 Å². The summed E-state index contributed by atoms with van der Waals surface area (Å²) >= 11 is 0. The molecule has 3 rings (SSSR count). The molecule has 0 atom stereocenters. The van der Waals surface area contributed by atoms with E-state index in [4.69, 9.17) is 0 Å². The molecule has 2 heterocycles. The fourth-order valence-electron chi connectivity index (χ4n) is 3.00. The van der Waals surface area contributed by atoms with Crippen molar-refractivity contribution in [2.75, 3.05) is 42.9 Å². The number of pyridine rings is 1. The molecule has 1 aliphatic rings. The molecular formula is C19H21F3N4O. The molecule has 5 nitrogen and oxygen atoms in total. The Morgan fingerprint density at radius 2 is 1.78 bits per heavy atom. The lowest BCUT2D eigenvalue weighted by molar-refractivity contribution is -0.137. The number of amides is 1. The zero-order valence-electron chi connectivity index (χ0n) is 15.0. The summed E-state index contributed by atoms with van der Waals surface area (Å²) in [6.07, 6.45) is -2.83. The first kappa shape index (κ1) is 19.2. The summed E-state index contributed by atoms with van der Waals surface area (Å²) in [5.41, 5.74) is 0.673. The number of rotatable bonds is 4. The van der Waals surface area contributed by atoms with Crippen molar-refractivity contribution in [3.05, 3.63) is 53.9 Å². The molecule has 8 heteroatoms. The Bertz CT molecular complexity index is 784. The number of benzene rings is 1. The van der Waals surface area contributed by atoms with Gasteiger partial charge in [0.05, 0.1) is 5.56 Å². The van der Waals surface area contributed by atoms with Crippen LogP contribution in [0.1, 0.15) is 23.0 Å². The van der Waals surface area contributed by atoms with Gasteiger partial charge in [0, 0.05) is 43.8 Å². The van der Waals surface area contributed by atoms with Crippen molar-refractivity contribution in [2.45, 2.75) is 13.1 Å². The normalized spacial score (nSPS) is 15.6. The molecule has 1 saturated heterocycles. The number of carbonyl (C=O) groups is 1. The van der Waals surface area contributed by atoms with Gasteiger partial charge >= 0.3 is 6.18 Å². The number of anilines is 2. The van der Waals surface area contributed by atoms with Crippen molar-refractivity contribution in [3.63, 3.8) is 0 Å². The van der Waals surface area contributed by atoms with E-state index in [0.717, 1.165) is 50.5 Å². The summed E-state index contributed by atoms with van der Waals surface area (Å²) < 4.78 is 37.8. The van der Waals surface area contributed by atoms with Crippen LogP contribution in [0.3, 0.4) is 0 Å². The van der Waals surface area contributed by atoms with Crippen molar-refractivity contribution in [3.8, 4) is 0 Å². The van der Waals surface area contributed by atoms with Crippen molar-refractivity contribution >= 4 is 17.3 Å². The van der Waals surface area contributed by atoms with E-state index < -0.39 is 17.6 Å². The molecule has 144 valence electrons. The first-order valence-corrected chi connectivity index (χ1v) is 8.79. The van der Waals surface area contributed by atoms with Gasteiger partial charge in [0.2, 0.25) is 0 Å². The molecular weight excluding hydrogens is 357 g/mol. The molecule has 1 N–H and O–H groups in total. The van der Waals surface area contributed by atoms with Crippen LogP contribution in [-0.4, -0.2) is 48.5 Å². The predicted octanol–water partition coefficient (Wildman–Crippen LogP) is 3.49. The fourth-order valence-corrected chi connectivity index (χ4v) is 3.00. The lowest BCUT2D eigenvalue weighted by atomic mass is 10.2. The van der Waals surface area contributed by atoms with E-state index in [1.807, 2.05) is 6.07 Å². The summed E-state index contributed by atoms with van der Waals surface area (Å²) in [5.74, 6) is -0.455. The Morgan fingerprint density at radius 3 is 2.37 bits per heavy atom. The molecule has 1 aromatic carbocycles. The van der Waals surface area contributed by atoms with E-state index in [-0.39, 0.29) is 11.4 Å². The van der Waals surface area contributed by atoms with Crippen molar-refractivity contribution in [2.24, 2.45) is 0 Å². The minimum Gasteiger partial charge on any atom is -0.369 e. The average Bonchev–Trinajstić information content (AvgIpc) is 2.68. The van der Waals surface area contributed by atoms with Gasteiger partial charge in [-0.05, 0) is 42.9 Å². The first-order valence-electron chi connectivity index (χ1n) is 8.79. The minimum absolute atomic E-state index is 0.227. The number of hydrogen-bond acceptors (Lipinski definition) is 4. The highest BCUT2D eigenvalue weighted by Crippen LogP contribution is 2.29. The predicted molar refractivity (Wildman–Crippen MR) is 98.0 cm³/mol. The van der Waals surface area contributed by atoms with Gasteiger partial charge in [-0.25, -0.2) is 0 Å². The minimum atomic E-state index is -4.40. The highest BCUT2D eigenvalue weighted by atomic mass is 19.4. The van der Waals surface area contributed by atoms with Gasteiger partial charge in [-0.1, -0.05) is 6.92 Å². The summed E-state index contributed by atoms with van der Waals surface area (Å²) in [5, 5.41) is 2.59. The smallest absolute Gasteiger partial charge is 0.369 e. The molecule has 27 heavy (non-hydrogen) atoms. The maximum absolute atomic E-state index is 12.6. The maximum Gasteiger partial charge on any atom is 0.416 e. The Morgan fingerprint density at radius 1 is 1.11 bits per heavy atom. The molecule has 1 aliphatic heterocycles. The number of likely N-dealkylation sites (N-methyl/N-ethyl adjacent to an activating group) is 1. The third-order valence-corrected chi connectivity index (χ3v) is 4.63. The molecule has 0 bridgehead atoms. The van der Waals surface area contributed by atoms with Crippen LogP contribution >= 0.6 is 0 Å². The number of alkyl halides is 3. The Labute approximate surface area is 155 Å². The van der Waals surface area contributed by atoms with Crippen LogP contribution in [0.25, 0.3) is 0 Å². The van der Waals surface area contributed by atoms with Gasteiger partial charge in [-0.2, -0.15) is 13.2 Å². The molecule has 0 unspecified atom stereocenters. The summed E-state index contributed by atoms with van der Waals surface area (Å²) in [4.78, 5) is 21.1. The quantitative estimate of drug-likeness (QED) is 0.885. The van der Waals surface area contributed by atoms with Crippen LogP contribution in [0.2, 0.25) is 0 Å². The molecule has 0 spiro atoms. The van der Waals surface area contributed by atoms with E-state index in [0.29, 0.717) is 0 Å². The van der Waals surface area contributed by atoms with Crippen LogP contribution < -0.4 is 10.2 Å². The lowest BCUT2D eigenvalue weighted by Crippen LogP contribution is -2.46. The Kier molecular flexibility index (Phi) is 5.65. The topological polar surface area (TPSA) is 48.5 Å². The number of carbonyl (C=O) groups excluding carboxylic acids is 1. The van der Waals surface area contributed by atoms with Gasteiger partial charge in [0.1, 0.15) is 5.69 Å². The van der Waals surface area contributed by atoms with E-state index in [1.54, 1.807) is 12.3 Å². The number of hydrogen-bond donors (Lipinski definition) is 1. The standard InChI is InChI=1S/C19H21F3N4O/c1-2-25-9-11-26(12-10-25)16-7-8-23-17(13-16)18(27)24-15-5-3-14(4-6-15)19(20,21)22/h3-8,13H,2,9-12H2,1H3,(H,24,27). The van der Waals surface area contributed by atoms with Gasteiger partial charge in [-0.3, -0.25) is 9.78 Å². The number of aromatic nitrogens is 1. The van der Waals surface area contributed by atoms with Crippen molar-refractivity contribution in [1.82, 2.24) is 9.88 Å². The molecule has 2 aromatic rings. The van der Waals surface area contributed by atoms with Crippen LogP contribution in [0.15, 0.2) is 42.6 Å². The van der Waals surface area contributed by atoms with Crippen molar-refractivity contribution < 1.29 is 18.0 Å². The largest absolute Gasteiger partial charge is 0.416 e. The highest BCUT2D eigenvalue weighted by Gasteiger charge is 2.30. The first-order chi connectivity index (χ1) is 12.9. The second-order valence-corrected chi connectivity index (χ2v) is 6.35. The monoisotopic (exact) mass is 378 g/mol. The van der Waals surface area contributed by atoms with Gasteiger partial charge in [0.15, 0.2) is 0 Å². The molecule has 1 amide bonds. The fraction of sp³-hybridized carbons (Fsp3) is 0.368. The van der Waals surface area contributed by atoms with Crippen LogP contribution in [0.4, 0.5) is 24.5 Å². The van der Waals surface area contributed by atoms with Gasteiger partial charge in [-0.15, -0.1) is 0 Å². The summed E-state index contributed by atoms with van der Waals surface area (Å²) in [6.45, 7) is 6.82. The summed E-state index contributed by atoms with van der Waals surface area (Å²) in [6, 6.07) is 7.90. The Balaban J connectivity index is 1.67. The average molecular weight is 378 g/mol. The van der Waals surface area contributed by atoms with Crippen LogP contribution in [0, 0.1) is 0 Å². The van der Waals surface area contributed by atoms with Crippen LogP contribution in [0.5, 0.6) is 0 Å². The third-order valence-electron chi connectivity index (χ3n) is 4.63. The number of piperazine rings is 1. The Hall–Kier alpha value is -2.61. The SMILES string of the molecule is CCN1CCN(c2ccnc(C(=O)Nc3ccc(C(F)(F)F)cc3)c2)CC1. The number of halogens is 3. The number of nitrogens with zero attached hydrogens (tertiary/aromatic N) is 3. The van der Waals surface area contributed by atoms with E-state index in [9.17, 15) is 18.0 Å². The second-order valence-electron chi connectivity index (χ2n) is 6.35. The second kappa shape index (κ2) is 7.96. The lowest BCUT2D eigenvalue weighted by Gasteiger charge is -2.35. The van der Waals surface area contributed by atoms with E-state index in [1.165, 1.54) is 12.1 Å². The molecule has 0 saturated carbocycles. The maximum atomic E-state index is 12.6. The third kappa shape index (κ3) is 4.77. The summed E-state index contributed by atoms with van der Waals surface area (Å²) in [7, 11) is 0. The number of nitrogens with one attached hydrogen (secondary N) is 1. The zero-order valence-corrected chi connectivity index (χ0v) is 15.0. The molecule has 0 radical (unpaired) electrons. The highest BCUT2D eigenvalue weighted by molar-refractivity contribution is 6.03. The molecule has 0 aliphatic carbocycles.